The quantitative estimate of drug-likeness (QED) is 0.588. The molecule has 0 radical (unpaired) electrons. The maximum atomic E-state index is 13.2. The van der Waals surface area contributed by atoms with Gasteiger partial charge in [0, 0.05) is 18.3 Å². The highest BCUT2D eigenvalue weighted by atomic mass is 16.5. The van der Waals surface area contributed by atoms with Crippen molar-refractivity contribution < 1.29 is 9.53 Å². The van der Waals surface area contributed by atoms with Gasteiger partial charge >= 0.3 is 6.03 Å². The number of urea groups is 1. The van der Waals surface area contributed by atoms with Crippen LogP contribution in [0.4, 0.5) is 10.5 Å². The molecule has 0 saturated heterocycles. The number of fused-ring (bicyclic) bond motifs is 2. The number of hydrogen-bond donors (Lipinski definition) is 1. The van der Waals surface area contributed by atoms with Gasteiger partial charge in [0.25, 0.3) is 0 Å². The molecule has 1 N–H and O–H groups in total. The Morgan fingerprint density at radius 3 is 2.40 bits per heavy atom. The Labute approximate surface area is 182 Å². The van der Waals surface area contributed by atoms with E-state index in [1.165, 1.54) is 44.1 Å². The third-order valence-corrected chi connectivity index (χ3v) is 8.94. The molecule has 4 rings (SSSR count). The number of benzene rings is 1. The highest BCUT2D eigenvalue weighted by molar-refractivity contribution is 5.89. The molecule has 2 amide bonds. The van der Waals surface area contributed by atoms with E-state index in [0.29, 0.717) is 30.7 Å². The van der Waals surface area contributed by atoms with Gasteiger partial charge in [-0.05, 0) is 67.9 Å². The molecule has 0 unspecified atom stereocenters. The predicted octanol–water partition coefficient (Wildman–Crippen LogP) is 6.39. The number of amides is 2. The Kier molecular flexibility index (Phi) is 6.16. The molecule has 0 heterocycles. The van der Waals surface area contributed by atoms with Crippen LogP contribution in [0, 0.1) is 23.7 Å². The van der Waals surface area contributed by atoms with Gasteiger partial charge in [0.2, 0.25) is 0 Å². The highest BCUT2D eigenvalue weighted by Crippen LogP contribution is 2.66. The van der Waals surface area contributed by atoms with Crippen LogP contribution in [0.3, 0.4) is 0 Å². The molecule has 4 heteroatoms. The minimum absolute atomic E-state index is 0.0221. The van der Waals surface area contributed by atoms with Gasteiger partial charge in [-0.3, -0.25) is 0 Å². The van der Waals surface area contributed by atoms with Gasteiger partial charge in [0.05, 0.1) is 12.7 Å². The highest BCUT2D eigenvalue weighted by Gasteiger charge is 2.61. The van der Waals surface area contributed by atoms with Gasteiger partial charge in [-0.25, -0.2) is 4.79 Å². The molecule has 4 nitrogen and oxygen atoms in total. The first-order valence-electron chi connectivity index (χ1n) is 12.1. The third-order valence-electron chi connectivity index (χ3n) is 8.94. The maximum Gasteiger partial charge on any atom is 0.322 e. The Morgan fingerprint density at radius 1 is 1.10 bits per heavy atom. The average Bonchev–Trinajstić information content (AvgIpc) is 3.07. The summed E-state index contributed by atoms with van der Waals surface area (Å²) in [5.74, 6) is 0.784. The van der Waals surface area contributed by atoms with Crippen molar-refractivity contribution in [3.63, 3.8) is 0 Å². The topological polar surface area (TPSA) is 41.6 Å². The van der Waals surface area contributed by atoms with E-state index in [0.717, 1.165) is 24.4 Å². The summed E-state index contributed by atoms with van der Waals surface area (Å²) >= 11 is 0. The molecule has 166 valence electrons. The van der Waals surface area contributed by atoms with E-state index in [-0.39, 0.29) is 11.4 Å². The molecule has 3 atom stereocenters. The van der Waals surface area contributed by atoms with E-state index < -0.39 is 0 Å². The van der Waals surface area contributed by atoms with Crippen LogP contribution in [0.15, 0.2) is 24.3 Å². The van der Waals surface area contributed by atoms with E-state index in [9.17, 15) is 4.79 Å². The summed E-state index contributed by atoms with van der Waals surface area (Å²) in [6, 6.07) is 8.42. The monoisotopic (exact) mass is 412 g/mol. The van der Waals surface area contributed by atoms with Crippen molar-refractivity contribution in [1.82, 2.24) is 4.90 Å². The second-order valence-electron chi connectivity index (χ2n) is 10.8. The molecule has 0 aromatic heterocycles. The molecule has 30 heavy (non-hydrogen) atoms. The van der Waals surface area contributed by atoms with Crippen LogP contribution < -0.4 is 5.32 Å². The Hall–Kier alpha value is -1.55. The summed E-state index contributed by atoms with van der Waals surface area (Å²) < 4.78 is 6.49. The van der Waals surface area contributed by atoms with Gasteiger partial charge in [0.1, 0.15) is 0 Å². The fourth-order valence-electron chi connectivity index (χ4n) is 6.35. The maximum absolute atomic E-state index is 13.2. The first-order chi connectivity index (χ1) is 14.3. The zero-order valence-electron chi connectivity index (χ0n) is 19.4. The minimum atomic E-state index is 0.0221. The van der Waals surface area contributed by atoms with E-state index in [2.05, 4.69) is 37.9 Å². The van der Waals surface area contributed by atoms with Crippen LogP contribution >= 0.6 is 0 Å². The van der Waals surface area contributed by atoms with Gasteiger partial charge < -0.3 is 15.0 Å². The smallest absolute Gasteiger partial charge is 0.322 e. The van der Waals surface area contributed by atoms with Crippen molar-refractivity contribution >= 4 is 11.7 Å². The predicted molar refractivity (Wildman–Crippen MR) is 123 cm³/mol. The van der Waals surface area contributed by atoms with E-state index in [4.69, 9.17) is 4.74 Å². The Morgan fingerprint density at radius 2 is 1.80 bits per heavy atom. The number of ether oxygens (including phenoxy) is 1. The lowest BCUT2D eigenvalue weighted by atomic mass is 9.70. The molecule has 1 aromatic carbocycles. The number of carbonyl (C=O) groups is 1. The molecular weight excluding hydrogens is 372 g/mol. The molecule has 3 aliphatic carbocycles. The van der Waals surface area contributed by atoms with Crippen molar-refractivity contribution in [3.05, 3.63) is 29.8 Å². The van der Waals surface area contributed by atoms with E-state index >= 15 is 0 Å². The molecular formula is C26H40N2O2. The fraction of sp³-hybridized carbons (Fsp3) is 0.731. The minimum Gasteiger partial charge on any atom is -0.376 e. The number of hydrogen-bond acceptors (Lipinski definition) is 2. The first-order valence-corrected chi connectivity index (χ1v) is 12.1. The SMILES string of the molecule is Cc1ccc(NC(=O)N(CCO[C@H]2C[C@@H]3CC[C@]2(C)C3(C)C)C2CCCCC2)cc1. The van der Waals surface area contributed by atoms with E-state index in [1.807, 2.05) is 24.3 Å². The molecule has 0 spiro atoms. The number of anilines is 1. The summed E-state index contributed by atoms with van der Waals surface area (Å²) in [4.78, 5) is 15.2. The van der Waals surface area contributed by atoms with Crippen LogP contribution in [0.5, 0.6) is 0 Å². The van der Waals surface area contributed by atoms with Crippen LogP contribution in [-0.2, 0) is 4.74 Å². The number of nitrogens with zero attached hydrogens (tertiary/aromatic N) is 1. The lowest BCUT2D eigenvalue weighted by Gasteiger charge is -2.39. The zero-order chi connectivity index (χ0) is 21.4. The summed E-state index contributed by atoms with van der Waals surface area (Å²) in [5, 5.41) is 3.12. The first kappa shape index (κ1) is 21.7. The third kappa shape index (κ3) is 4.00. The van der Waals surface area contributed by atoms with Gasteiger partial charge in [-0.2, -0.15) is 0 Å². The van der Waals surface area contributed by atoms with Crippen molar-refractivity contribution in [1.29, 1.82) is 0 Å². The van der Waals surface area contributed by atoms with Crippen LogP contribution in [0.2, 0.25) is 0 Å². The summed E-state index contributed by atoms with van der Waals surface area (Å²) in [6.45, 7) is 10.7. The second kappa shape index (κ2) is 8.53. The number of nitrogens with one attached hydrogen (secondary N) is 1. The summed E-state index contributed by atoms with van der Waals surface area (Å²) in [7, 11) is 0. The zero-order valence-corrected chi connectivity index (χ0v) is 19.4. The molecule has 0 aliphatic heterocycles. The van der Waals surface area contributed by atoms with Gasteiger partial charge in [0.15, 0.2) is 0 Å². The lowest BCUT2D eigenvalue weighted by Crippen LogP contribution is -2.46. The summed E-state index contributed by atoms with van der Waals surface area (Å²) in [5.41, 5.74) is 2.71. The molecule has 1 aromatic rings. The second-order valence-corrected chi connectivity index (χ2v) is 10.8. The van der Waals surface area contributed by atoms with Gasteiger partial charge in [-0.1, -0.05) is 57.7 Å². The molecule has 3 aliphatic rings. The largest absolute Gasteiger partial charge is 0.376 e. The van der Waals surface area contributed by atoms with Gasteiger partial charge in [-0.15, -0.1) is 0 Å². The molecule has 2 bridgehead atoms. The number of carbonyl (C=O) groups excluding carboxylic acids is 1. The lowest BCUT2D eigenvalue weighted by molar-refractivity contribution is -0.0517. The number of aryl methyl sites for hydroxylation is 1. The fourth-order valence-corrected chi connectivity index (χ4v) is 6.35. The average molecular weight is 413 g/mol. The van der Waals surface area contributed by atoms with Crippen molar-refractivity contribution in [2.24, 2.45) is 16.7 Å². The van der Waals surface area contributed by atoms with Crippen molar-refractivity contribution in [2.45, 2.75) is 91.2 Å². The molecule has 3 saturated carbocycles. The molecule has 3 fully saturated rings. The van der Waals surface area contributed by atoms with Crippen LogP contribution in [-0.4, -0.2) is 36.2 Å². The van der Waals surface area contributed by atoms with Crippen LogP contribution in [0.25, 0.3) is 0 Å². The normalized spacial score (nSPS) is 30.4. The van der Waals surface area contributed by atoms with Crippen molar-refractivity contribution in [2.75, 3.05) is 18.5 Å². The standard InChI is InChI=1S/C26H40N2O2/c1-19-10-12-21(13-11-19)27-24(29)28(22-8-6-5-7-9-22)16-17-30-23-18-20-14-15-26(23,4)25(20,2)3/h10-13,20,22-23H,5-9,14-18H2,1-4H3,(H,27,29)/t20-,23-,26-/m0/s1. The summed E-state index contributed by atoms with van der Waals surface area (Å²) in [6.07, 6.45) is 10.1. The van der Waals surface area contributed by atoms with E-state index in [1.54, 1.807) is 0 Å². The Balaban J connectivity index is 1.38. The van der Waals surface area contributed by atoms with Crippen molar-refractivity contribution in [3.8, 4) is 0 Å². The Bertz CT molecular complexity index is 738. The number of rotatable bonds is 6. The van der Waals surface area contributed by atoms with Crippen LogP contribution in [0.1, 0.15) is 77.7 Å².